The maximum atomic E-state index is 5.74. The fourth-order valence-electron chi connectivity index (χ4n) is 2.72. The molecule has 1 aliphatic rings. The second-order valence-corrected chi connectivity index (χ2v) is 7.41. The van der Waals surface area contributed by atoms with Crippen LogP contribution in [0.2, 0.25) is 0 Å². The zero-order valence-electron chi connectivity index (χ0n) is 11.9. The van der Waals surface area contributed by atoms with Gasteiger partial charge in [0, 0.05) is 6.04 Å². The van der Waals surface area contributed by atoms with Crippen LogP contribution in [-0.2, 0) is 6.42 Å². The molecule has 0 saturated carbocycles. The third kappa shape index (κ3) is 4.65. The van der Waals surface area contributed by atoms with Crippen molar-refractivity contribution in [2.45, 2.75) is 31.7 Å². The van der Waals surface area contributed by atoms with Gasteiger partial charge in [-0.25, -0.2) is 0 Å². The molecule has 0 aliphatic carbocycles. The fourth-order valence-corrected chi connectivity index (χ4v) is 4.51. The van der Waals surface area contributed by atoms with Crippen molar-refractivity contribution in [3.63, 3.8) is 0 Å². The Labute approximate surface area is 134 Å². The molecular weight excluding hydrogens is 336 g/mol. The van der Waals surface area contributed by atoms with Crippen LogP contribution in [-0.4, -0.2) is 24.7 Å². The number of hydrazine groups is 1. The normalized spacial score (nSPS) is 17.9. The van der Waals surface area contributed by atoms with Crippen molar-refractivity contribution in [2.24, 2.45) is 11.8 Å². The number of halogens is 1. The summed E-state index contributed by atoms with van der Waals surface area (Å²) in [5, 5.41) is 0. The molecule has 2 rings (SSSR count). The maximum absolute atomic E-state index is 5.74. The van der Waals surface area contributed by atoms with Crippen LogP contribution in [0.4, 0.5) is 0 Å². The van der Waals surface area contributed by atoms with Gasteiger partial charge in [0.1, 0.15) is 5.75 Å². The molecule has 1 aromatic rings. The van der Waals surface area contributed by atoms with Gasteiger partial charge < -0.3 is 4.74 Å². The third-order valence-electron chi connectivity index (χ3n) is 3.89. The Hall–Kier alpha value is -0.230. The second-order valence-electron chi connectivity index (χ2n) is 5.33. The lowest BCUT2D eigenvalue weighted by Gasteiger charge is -2.26. The highest BCUT2D eigenvalue weighted by Gasteiger charge is 2.19. The molecule has 0 amide bonds. The lowest BCUT2D eigenvalue weighted by Crippen LogP contribution is -2.38. The first-order chi connectivity index (χ1) is 9.72. The number of thioether (sulfide) groups is 1. The second kappa shape index (κ2) is 8.27. The molecule has 3 N–H and O–H groups in total. The number of methoxy groups -OCH3 is 1. The lowest BCUT2D eigenvalue weighted by molar-refractivity contribution is 0.365. The van der Waals surface area contributed by atoms with Gasteiger partial charge in [-0.05, 0) is 76.7 Å². The predicted octanol–water partition coefficient (Wildman–Crippen LogP) is 3.37. The van der Waals surface area contributed by atoms with E-state index in [0.29, 0.717) is 6.04 Å². The SMILES string of the molecule is COc1ccc(CC(CC2CCSCC2)NN)cc1Br. The summed E-state index contributed by atoms with van der Waals surface area (Å²) in [6.07, 6.45) is 4.79. The highest BCUT2D eigenvalue weighted by atomic mass is 79.9. The van der Waals surface area contributed by atoms with Crippen LogP contribution < -0.4 is 16.0 Å². The van der Waals surface area contributed by atoms with Gasteiger partial charge in [0.25, 0.3) is 0 Å². The summed E-state index contributed by atoms with van der Waals surface area (Å²) < 4.78 is 6.27. The minimum atomic E-state index is 0.350. The molecule has 112 valence electrons. The van der Waals surface area contributed by atoms with Gasteiger partial charge in [0.05, 0.1) is 11.6 Å². The van der Waals surface area contributed by atoms with E-state index in [9.17, 15) is 0 Å². The molecular formula is C15H23BrN2OS. The molecule has 1 atom stereocenters. The molecule has 0 spiro atoms. The van der Waals surface area contributed by atoms with E-state index in [-0.39, 0.29) is 0 Å². The van der Waals surface area contributed by atoms with Gasteiger partial charge in [-0.1, -0.05) is 6.07 Å². The molecule has 20 heavy (non-hydrogen) atoms. The Morgan fingerprint density at radius 2 is 2.20 bits per heavy atom. The summed E-state index contributed by atoms with van der Waals surface area (Å²) in [6, 6.07) is 6.60. The van der Waals surface area contributed by atoms with Gasteiger partial charge in [-0.2, -0.15) is 11.8 Å². The van der Waals surface area contributed by atoms with Crippen LogP contribution in [0.25, 0.3) is 0 Å². The number of nitrogens with two attached hydrogens (primary N) is 1. The molecule has 1 aliphatic heterocycles. The first-order valence-corrected chi connectivity index (χ1v) is 9.04. The molecule has 1 aromatic carbocycles. The van der Waals surface area contributed by atoms with Crippen molar-refractivity contribution in [3.05, 3.63) is 28.2 Å². The van der Waals surface area contributed by atoms with Crippen molar-refractivity contribution in [2.75, 3.05) is 18.6 Å². The molecule has 3 nitrogen and oxygen atoms in total. The van der Waals surface area contributed by atoms with Crippen LogP contribution >= 0.6 is 27.7 Å². The molecule has 1 heterocycles. The quantitative estimate of drug-likeness (QED) is 0.604. The molecule has 1 fully saturated rings. The van der Waals surface area contributed by atoms with E-state index in [2.05, 4.69) is 45.3 Å². The number of rotatable bonds is 6. The van der Waals surface area contributed by atoms with Crippen LogP contribution in [0.5, 0.6) is 5.75 Å². The number of benzene rings is 1. The van der Waals surface area contributed by atoms with Gasteiger partial charge in [-0.3, -0.25) is 11.3 Å². The summed E-state index contributed by atoms with van der Waals surface area (Å²) in [6.45, 7) is 0. The number of hydrogen-bond donors (Lipinski definition) is 2. The van der Waals surface area contributed by atoms with Crippen molar-refractivity contribution < 1.29 is 4.74 Å². The van der Waals surface area contributed by atoms with E-state index in [4.69, 9.17) is 10.6 Å². The summed E-state index contributed by atoms with van der Waals surface area (Å²) in [5.74, 6) is 10.0. The average molecular weight is 359 g/mol. The lowest BCUT2D eigenvalue weighted by atomic mass is 9.91. The first-order valence-electron chi connectivity index (χ1n) is 7.09. The zero-order valence-corrected chi connectivity index (χ0v) is 14.3. The summed E-state index contributed by atoms with van der Waals surface area (Å²) in [7, 11) is 1.69. The van der Waals surface area contributed by atoms with Crippen LogP contribution in [0, 0.1) is 5.92 Å². The number of ether oxygens (including phenoxy) is 1. The Bertz CT molecular complexity index is 424. The topological polar surface area (TPSA) is 47.3 Å². The molecule has 1 saturated heterocycles. The minimum Gasteiger partial charge on any atom is -0.496 e. The Morgan fingerprint density at radius 3 is 2.80 bits per heavy atom. The molecule has 1 unspecified atom stereocenters. The summed E-state index contributed by atoms with van der Waals surface area (Å²) >= 11 is 5.61. The van der Waals surface area contributed by atoms with E-state index in [0.717, 1.165) is 22.6 Å². The molecule has 0 aromatic heterocycles. The fraction of sp³-hybridized carbons (Fsp3) is 0.600. The van der Waals surface area contributed by atoms with Crippen molar-refractivity contribution in [1.82, 2.24) is 5.43 Å². The minimum absolute atomic E-state index is 0.350. The van der Waals surface area contributed by atoms with Crippen molar-refractivity contribution >= 4 is 27.7 Å². The third-order valence-corrected chi connectivity index (χ3v) is 5.56. The number of hydrogen-bond acceptors (Lipinski definition) is 4. The van der Waals surface area contributed by atoms with E-state index in [1.54, 1.807) is 7.11 Å². The maximum Gasteiger partial charge on any atom is 0.133 e. The van der Waals surface area contributed by atoms with E-state index in [1.165, 1.54) is 36.3 Å². The van der Waals surface area contributed by atoms with Crippen LogP contribution in [0.1, 0.15) is 24.8 Å². The van der Waals surface area contributed by atoms with Gasteiger partial charge in [0.2, 0.25) is 0 Å². The molecule has 0 radical (unpaired) electrons. The summed E-state index contributed by atoms with van der Waals surface area (Å²) in [4.78, 5) is 0. The monoisotopic (exact) mass is 358 g/mol. The molecule has 5 heteroatoms. The van der Waals surface area contributed by atoms with E-state index < -0.39 is 0 Å². The van der Waals surface area contributed by atoms with Crippen molar-refractivity contribution in [1.29, 1.82) is 0 Å². The van der Waals surface area contributed by atoms with Gasteiger partial charge >= 0.3 is 0 Å². The average Bonchev–Trinajstić information content (AvgIpc) is 2.48. The van der Waals surface area contributed by atoms with E-state index in [1.807, 2.05) is 6.07 Å². The Morgan fingerprint density at radius 1 is 1.45 bits per heavy atom. The zero-order chi connectivity index (χ0) is 14.4. The van der Waals surface area contributed by atoms with Crippen LogP contribution in [0.15, 0.2) is 22.7 Å². The largest absolute Gasteiger partial charge is 0.496 e. The predicted molar refractivity (Wildman–Crippen MR) is 90.2 cm³/mol. The smallest absolute Gasteiger partial charge is 0.133 e. The van der Waals surface area contributed by atoms with E-state index >= 15 is 0 Å². The highest BCUT2D eigenvalue weighted by molar-refractivity contribution is 9.10. The Kier molecular flexibility index (Phi) is 6.68. The molecule has 0 bridgehead atoms. The highest BCUT2D eigenvalue weighted by Crippen LogP contribution is 2.29. The van der Waals surface area contributed by atoms with Crippen molar-refractivity contribution in [3.8, 4) is 5.75 Å². The number of nitrogens with one attached hydrogen (secondary N) is 1. The first kappa shape index (κ1) is 16.1. The standard InChI is InChI=1S/C15H23BrN2OS/c1-19-15-3-2-12(10-14(15)16)9-13(18-17)8-11-4-6-20-7-5-11/h2-3,10-11,13,18H,4-9,17H2,1H3. The summed E-state index contributed by atoms with van der Waals surface area (Å²) in [5.41, 5.74) is 4.28. The van der Waals surface area contributed by atoms with Gasteiger partial charge in [-0.15, -0.1) is 0 Å². The Balaban J connectivity index is 1.93. The van der Waals surface area contributed by atoms with Gasteiger partial charge in [0.15, 0.2) is 0 Å². The van der Waals surface area contributed by atoms with Crippen LogP contribution in [0.3, 0.4) is 0 Å².